The molecule has 0 aliphatic carbocycles. The zero-order valence-electron chi connectivity index (χ0n) is 23.7. The summed E-state index contributed by atoms with van der Waals surface area (Å²) in [5.41, 5.74) is 6.26. The average molecular weight is 554 g/mol. The standard InChI is InChI=1S/C35H31N5O2/c1-23-11-13-25(14-12-23)21-30-36-33(39-17-19-40(20-18-39)35(41)29-10-6-3-7-24(29)2)31-32(38-42-34(31)37-30)28-16-15-26-8-4-5-9-27(26)22-28/h3-16,22H,17-21H2,1-2H3. The lowest BCUT2D eigenvalue weighted by atomic mass is 10.0. The molecule has 1 aliphatic heterocycles. The first kappa shape index (κ1) is 25.9. The number of carbonyl (C=O) groups is 1. The van der Waals surface area contributed by atoms with Crippen molar-refractivity contribution in [1.29, 1.82) is 0 Å². The van der Waals surface area contributed by atoms with Crippen molar-refractivity contribution in [2.75, 3.05) is 31.1 Å². The smallest absolute Gasteiger partial charge is 0.263 e. The van der Waals surface area contributed by atoms with E-state index in [1.807, 2.05) is 48.2 Å². The van der Waals surface area contributed by atoms with E-state index in [0.29, 0.717) is 44.1 Å². The minimum absolute atomic E-state index is 0.0717. The average Bonchev–Trinajstić information content (AvgIpc) is 3.46. The van der Waals surface area contributed by atoms with E-state index in [9.17, 15) is 4.79 Å². The Morgan fingerprint density at radius 1 is 0.810 bits per heavy atom. The van der Waals surface area contributed by atoms with Crippen molar-refractivity contribution >= 4 is 33.6 Å². The summed E-state index contributed by atoms with van der Waals surface area (Å²) in [7, 11) is 0. The number of rotatable bonds is 5. The van der Waals surface area contributed by atoms with Crippen LogP contribution in [0.15, 0.2) is 95.5 Å². The molecule has 7 nitrogen and oxygen atoms in total. The molecule has 0 N–H and O–H groups in total. The maximum absolute atomic E-state index is 13.3. The van der Waals surface area contributed by atoms with Crippen LogP contribution >= 0.6 is 0 Å². The van der Waals surface area contributed by atoms with E-state index < -0.39 is 0 Å². The first-order chi connectivity index (χ1) is 20.5. The molecule has 1 fully saturated rings. The number of hydrogen-bond acceptors (Lipinski definition) is 6. The molecule has 0 radical (unpaired) electrons. The van der Waals surface area contributed by atoms with Crippen LogP contribution < -0.4 is 4.90 Å². The van der Waals surface area contributed by atoms with E-state index in [2.05, 4.69) is 71.6 Å². The summed E-state index contributed by atoms with van der Waals surface area (Å²) in [5.74, 6) is 1.55. The quantitative estimate of drug-likeness (QED) is 0.239. The molecule has 2 aromatic heterocycles. The third-order valence-electron chi connectivity index (χ3n) is 8.11. The number of nitrogens with zero attached hydrogens (tertiary/aromatic N) is 5. The number of aromatic nitrogens is 3. The predicted octanol–water partition coefficient (Wildman–Crippen LogP) is 6.61. The van der Waals surface area contributed by atoms with Crippen molar-refractivity contribution in [3.05, 3.63) is 119 Å². The Morgan fingerprint density at radius 3 is 2.33 bits per heavy atom. The number of aryl methyl sites for hydroxylation is 2. The molecule has 3 heterocycles. The number of benzene rings is 4. The molecule has 0 atom stereocenters. The number of hydrogen-bond donors (Lipinski definition) is 0. The Balaban J connectivity index is 1.26. The van der Waals surface area contributed by atoms with Crippen molar-refractivity contribution in [2.24, 2.45) is 0 Å². The minimum atomic E-state index is 0.0717. The van der Waals surface area contributed by atoms with E-state index in [1.54, 1.807) is 0 Å². The van der Waals surface area contributed by atoms with Crippen LogP contribution in [0.3, 0.4) is 0 Å². The van der Waals surface area contributed by atoms with Crippen LogP contribution in [-0.2, 0) is 6.42 Å². The number of amides is 1. The fraction of sp³-hybridized carbons (Fsp3) is 0.200. The summed E-state index contributed by atoms with van der Waals surface area (Å²) in [6.07, 6.45) is 0.584. The van der Waals surface area contributed by atoms with Crippen LogP contribution in [0.2, 0.25) is 0 Å². The predicted molar refractivity (Wildman–Crippen MR) is 166 cm³/mol. The molecule has 1 aliphatic rings. The summed E-state index contributed by atoms with van der Waals surface area (Å²) in [6.45, 7) is 6.56. The molecular formula is C35H31N5O2. The largest absolute Gasteiger partial charge is 0.352 e. The molecular weight excluding hydrogens is 522 g/mol. The van der Waals surface area contributed by atoms with Crippen LogP contribution in [0.4, 0.5) is 5.82 Å². The lowest BCUT2D eigenvalue weighted by Gasteiger charge is -2.36. The number of piperazine rings is 1. The Labute approximate surface area is 244 Å². The number of fused-ring (bicyclic) bond motifs is 2. The van der Waals surface area contributed by atoms with Crippen molar-refractivity contribution in [1.82, 2.24) is 20.0 Å². The zero-order chi connectivity index (χ0) is 28.6. The highest BCUT2D eigenvalue weighted by Gasteiger charge is 2.28. The van der Waals surface area contributed by atoms with Crippen molar-refractivity contribution in [2.45, 2.75) is 20.3 Å². The molecule has 1 saturated heterocycles. The highest BCUT2D eigenvalue weighted by molar-refractivity contribution is 6.00. The maximum atomic E-state index is 13.3. The Bertz CT molecular complexity index is 1920. The van der Waals surface area contributed by atoms with Gasteiger partial charge in [-0.2, -0.15) is 4.98 Å². The Hall–Kier alpha value is -5.04. The second-order valence-electron chi connectivity index (χ2n) is 11.0. The van der Waals surface area contributed by atoms with Crippen LogP contribution in [0, 0.1) is 13.8 Å². The summed E-state index contributed by atoms with van der Waals surface area (Å²) in [5, 5.41) is 7.61. The second kappa shape index (κ2) is 10.7. The molecule has 0 spiro atoms. The highest BCUT2D eigenvalue weighted by atomic mass is 16.5. The van der Waals surface area contributed by atoms with Gasteiger partial charge in [0.05, 0.1) is 0 Å². The van der Waals surface area contributed by atoms with Gasteiger partial charge in [0.25, 0.3) is 11.6 Å². The van der Waals surface area contributed by atoms with Crippen molar-refractivity contribution < 1.29 is 9.32 Å². The summed E-state index contributed by atoms with van der Waals surface area (Å²) in [6, 6.07) is 30.8. The van der Waals surface area contributed by atoms with E-state index in [4.69, 9.17) is 14.5 Å². The Kier molecular flexibility index (Phi) is 6.62. The zero-order valence-corrected chi connectivity index (χ0v) is 23.7. The lowest BCUT2D eigenvalue weighted by molar-refractivity contribution is 0.0746. The van der Waals surface area contributed by atoms with Gasteiger partial charge >= 0.3 is 0 Å². The summed E-state index contributed by atoms with van der Waals surface area (Å²) < 4.78 is 5.88. The minimum Gasteiger partial charge on any atom is -0.352 e. The molecule has 0 saturated carbocycles. The van der Waals surface area contributed by atoms with E-state index in [-0.39, 0.29) is 5.91 Å². The van der Waals surface area contributed by atoms with Crippen molar-refractivity contribution in [3.8, 4) is 11.3 Å². The summed E-state index contributed by atoms with van der Waals surface area (Å²) in [4.78, 5) is 27.4. The molecule has 7 heteroatoms. The molecule has 42 heavy (non-hydrogen) atoms. The molecule has 4 aromatic carbocycles. The van der Waals surface area contributed by atoms with E-state index in [1.165, 1.54) is 10.9 Å². The Morgan fingerprint density at radius 2 is 1.55 bits per heavy atom. The summed E-state index contributed by atoms with van der Waals surface area (Å²) >= 11 is 0. The fourth-order valence-electron chi connectivity index (χ4n) is 5.71. The molecule has 1 amide bonds. The van der Waals surface area contributed by atoms with Crippen molar-refractivity contribution in [3.63, 3.8) is 0 Å². The van der Waals surface area contributed by atoms with Crippen LogP contribution in [0.1, 0.15) is 32.9 Å². The monoisotopic (exact) mass is 553 g/mol. The SMILES string of the molecule is Cc1ccc(Cc2nc(N3CCN(C(=O)c4ccccc4C)CC3)c3c(-c4ccc5ccccc5c4)noc3n2)cc1. The topological polar surface area (TPSA) is 75.4 Å². The molecule has 7 rings (SSSR count). The molecule has 6 aromatic rings. The van der Waals surface area contributed by atoms with Gasteiger partial charge in [-0.1, -0.05) is 89.6 Å². The van der Waals surface area contributed by atoms with E-state index >= 15 is 0 Å². The lowest BCUT2D eigenvalue weighted by Crippen LogP contribution is -2.49. The fourth-order valence-corrected chi connectivity index (χ4v) is 5.71. The third kappa shape index (κ3) is 4.87. The van der Waals surface area contributed by atoms with Gasteiger partial charge < -0.3 is 14.3 Å². The van der Waals surface area contributed by atoms with Gasteiger partial charge in [0.1, 0.15) is 22.7 Å². The molecule has 0 bridgehead atoms. The highest BCUT2D eigenvalue weighted by Crippen LogP contribution is 2.35. The molecule has 208 valence electrons. The van der Waals surface area contributed by atoms with Gasteiger partial charge in [-0.05, 0) is 47.9 Å². The van der Waals surface area contributed by atoms with E-state index in [0.717, 1.165) is 44.5 Å². The first-order valence-corrected chi connectivity index (χ1v) is 14.3. The second-order valence-corrected chi connectivity index (χ2v) is 11.0. The van der Waals surface area contributed by atoms with Crippen LogP contribution in [-0.4, -0.2) is 52.1 Å². The van der Waals surface area contributed by atoms with Gasteiger partial charge in [0.2, 0.25) is 0 Å². The maximum Gasteiger partial charge on any atom is 0.263 e. The van der Waals surface area contributed by atoms with Gasteiger partial charge in [-0.15, -0.1) is 0 Å². The van der Waals surface area contributed by atoms with Gasteiger partial charge in [0, 0.05) is 43.7 Å². The molecule has 0 unspecified atom stereocenters. The third-order valence-corrected chi connectivity index (χ3v) is 8.11. The normalized spacial score (nSPS) is 13.7. The first-order valence-electron chi connectivity index (χ1n) is 14.3. The van der Waals surface area contributed by atoms with Gasteiger partial charge in [-0.25, -0.2) is 4.98 Å². The van der Waals surface area contributed by atoms with Gasteiger partial charge in [0.15, 0.2) is 0 Å². The van der Waals surface area contributed by atoms with Gasteiger partial charge in [-0.3, -0.25) is 4.79 Å². The number of carbonyl (C=O) groups excluding carboxylic acids is 1. The number of anilines is 1. The van der Waals surface area contributed by atoms with Crippen LogP contribution in [0.25, 0.3) is 33.1 Å². The van der Waals surface area contributed by atoms with Crippen LogP contribution in [0.5, 0.6) is 0 Å².